The van der Waals surface area contributed by atoms with Gasteiger partial charge in [-0.3, -0.25) is 4.98 Å². The Balaban J connectivity index is 1.33. The highest BCUT2D eigenvalue weighted by Gasteiger charge is 2.17. The number of fused-ring (bicyclic) bond motifs is 5. The second-order valence-corrected chi connectivity index (χ2v) is 11.9. The molecule has 0 fully saturated rings. The van der Waals surface area contributed by atoms with E-state index in [-0.39, 0.29) is 0 Å². The molecule has 8 rings (SSSR count). The number of aromatic nitrogens is 2. The van der Waals surface area contributed by atoms with Crippen LogP contribution in [0.15, 0.2) is 121 Å². The highest BCUT2D eigenvalue weighted by Crippen LogP contribution is 2.39. The standard InChI is InChI=1S/C42H32N2/c1-25-24-43-41-32(26(25)2)21-22-33-27(3)28(4)40(44-42(33)41)39-20-10-18-37-36(17-9-19-38(37)39)31-14-7-13-30(23-31)35-16-8-12-29-11-5-6-15-34(29)35/h5-24H,1-4H3. The number of hydrogen-bond donors (Lipinski definition) is 0. The minimum atomic E-state index is 0.972. The molecule has 0 atom stereocenters. The predicted octanol–water partition coefficient (Wildman–Crippen LogP) is 11.3. The fraction of sp³-hybridized carbons (Fsp3) is 0.0952. The maximum Gasteiger partial charge on any atom is 0.0975 e. The molecule has 6 aromatic carbocycles. The summed E-state index contributed by atoms with van der Waals surface area (Å²) in [6.45, 7) is 8.71. The lowest BCUT2D eigenvalue weighted by molar-refractivity contribution is 1.26. The van der Waals surface area contributed by atoms with Crippen molar-refractivity contribution < 1.29 is 0 Å². The van der Waals surface area contributed by atoms with E-state index < -0.39 is 0 Å². The zero-order valence-electron chi connectivity index (χ0n) is 25.4. The molecule has 0 aliphatic carbocycles. The van der Waals surface area contributed by atoms with E-state index in [0.717, 1.165) is 22.3 Å². The first-order valence-electron chi connectivity index (χ1n) is 15.3. The van der Waals surface area contributed by atoms with Gasteiger partial charge >= 0.3 is 0 Å². The Morgan fingerprint density at radius 1 is 0.432 bits per heavy atom. The fourth-order valence-corrected chi connectivity index (χ4v) is 6.84. The summed E-state index contributed by atoms with van der Waals surface area (Å²) in [5.74, 6) is 0. The average Bonchev–Trinajstić information content (AvgIpc) is 3.07. The zero-order valence-corrected chi connectivity index (χ0v) is 25.4. The van der Waals surface area contributed by atoms with E-state index in [9.17, 15) is 0 Å². The Labute approximate surface area is 257 Å². The van der Waals surface area contributed by atoms with Crippen LogP contribution in [0, 0.1) is 27.7 Å². The summed E-state index contributed by atoms with van der Waals surface area (Å²) < 4.78 is 0. The third-order valence-corrected chi connectivity index (χ3v) is 9.53. The van der Waals surface area contributed by atoms with Gasteiger partial charge in [0.05, 0.1) is 16.7 Å². The van der Waals surface area contributed by atoms with Crippen molar-refractivity contribution in [3.05, 3.63) is 144 Å². The Kier molecular flexibility index (Phi) is 6.06. The topological polar surface area (TPSA) is 25.8 Å². The third-order valence-electron chi connectivity index (χ3n) is 9.53. The van der Waals surface area contributed by atoms with Gasteiger partial charge in [-0.05, 0) is 99.8 Å². The van der Waals surface area contributed by atoms with Gasteiger partial charge in [0.2, 0.25) is 0 Å². The maximum atomic E-state index is 5.38. The molecule has 8 aromatic rings. The highest BCUT2D eigenvalue weighted by molar-refractivity contribution is 6.09. The van der Waals surface area contributed by atoms with E-state index in [1.54, 1.807) is 0 Å². The zero-order chi connectivity index (χ0) is 29.9. The third kappa shape index (κ3) is 4.02. The molecule has 2 nitrogen and oxygen atoms in total. The highest BCUT2D eigenvalue weighted by atomic mass is 14.8. The van der Waals surface area contributed by atoms with Crippen LogP contribution in [0.4, 0.5) is 0 Å². The Morgan fingerprint density at radius 2 is 1.00 bits per heavy atom. The van der Waals surface area contributed by atoms with E-state index in [1.165, 1.54) is 76.8 Å². The molecular weight excluding hydrogens is 532 g/mol. The molecule has 0 aliphatic rings. The first-order chi connectivity index (χ1) is 21.5. The quantitative estimate of drug-likeness (QED) is 0.199. The summed E-state index contributed by atoms with van der Waals surface area (Å²) in [6.07, 6.45) is 1.98. The van der Waals surface area contributed by atoms with Gasteiger partial charge in [0.1, 0.15) is 0 Å². The van der Waals surface area contributed by atoms with Crippen LogP contribution in [0.25, 0.3) is 76.9 Å². The number of benzene rings is 6. The minimum absolute atomic E-state index is 0.972. The Bertz CT molecular complexity index is 2430. The number of aryl methyl sites for hydroxylation is 3. The SMILES string of the molecule is Cc1cnc2c(ccc3c(C)c(C)c(-c4cccc5c(-c6cccc(-c7cccc8ccccc78)c6)cccc45)nc32)c1C. The van der Waals surface area contributed by atoms with Gasteiger partial charge in [-0.25, -0.2) is 4.98 Å². The molecule has 44 heavy (non-hydrogen) atoms. The van der Waals surface area contributed by atoms with E-state index in [2.05, 4.69) is 143 Å². The van der Waals surface area contributed by atoms with Gasteiger partial charge in [0.25, 0.3) is 0 Å². The fourth-order valence-electron chi connectivity index (χ4n) is 6.84. The molecule has 0 amide bonds. The lowest BCUT2D eigenvalue weighted by Crippen LogP contribution is -1.98. The second kappa shape index (κ2) is 10.1. The Morgan fingerprint density at radius 3 is 1.77 bits per heavy atom. The summed E-state index contributed by atoms with van der Waals surface area (Å²) in [5.41, 5.74) is 13.9. The molecule has 0 spiro atoms. The summed E-state index contributed by atoms with van der Waals surface area (Å²) in [4.78, 5) is 10.3. The van der Waals surface area contributed by atoms with Gasteiger partial charge in [0.15, 0.2) is 0 Å². The molecule has 210 valence electrons. The van der Waals surface area contributed by atoms with Crippen molar-refractivity contribution in [2.75, 3.05) is 0 Å². The molecule has 0 N–H and O–H groups in total. The summed E-state index contributed by atoms with van der Waals surface area (Å²) in [6, 6.07) is 41.8. The summed E-state index contributed by atoms with van der Waals surface area (Å²) in [7, 11) is 0. The summed E-state index contributed by atoms with van der Waals surface area (Å²) >= 11 is 0. The van der Waals surface area contributed by atoms with Gasteiger partial charge in [-0.1, -0.05) is 109 Å². The average molecular weight is 565 g/mol. The lowest BCUT2D eigenvalue weighted by atomic mass is 9.90. The molecule has 0 unspecified atom stereocenters. The van der Waals surface area contributed by atoms with Gasteiger partial charge in [-0.15, -0.1) is 0 Å². The number of pyridine rings is 2. The van der Waals surface area contributed by atoms with E-state index >= 15 is 0 Å². The number of nitrogens with zero attached hydrogens (tertiary/aromatic N) is 2. The van der Waals surface area contributed by atoms with Crippen LogP contribution < -0.4 is 0 Å². The molecule has 2 heteroatoms. The van der Waals surface area contributed by atoms with E-state index in [1.807, 2.05) is 6.20 Å². The van der Waals surface area contributed by atoms with Gasteiger partial charge < -0.3 is 0 Å². The van der Waals surface area contributed by atoms with Crippen LogP contribution in [-0.4, -0.2) is 9.97 Å². The first kappa shape index (κ1) is 26.3. The molecule has 0 aliphatic heterocycles. The van der Waals surface area contributed by atoms with Crippen LogP contribution in [-0.2, 0) is 0 Å². The molecule has 0 saturated carbocycles. The molecule has 0 radical (unpaired) electrons. The monoisotopic (exact) mass is 564 g/mol. The predicted molar refractivity (Wildman–Crippen MR) is 187 cm³/mol. The molecular formula is C42H32N2. The second-order valence-electron chi connectivity index (χ2n) is 11.9. The minimum Gasteiger partial charge on any atom is -0.254 e. The maximum absolute atomic E-state index is 5.38. The molecule has 0 bridgehead atoms. The molecule has 0 saturated heterocycles. The van der Waals surface area contributed by atoms with Crippen molar-refractivity contribution >= 4 is 43.4 Å². The van der Waals surface area contributed by atoms with E-state index in [0.29, 0.717) is 0 Å². The molecule has 2 aromatic heterocycles. The van der Waals surface area contributed by atoms with Crippen molar-refractivity contribution in [1.29, 1.82) is 0 Å². The smallest absolute Gasteiger partial charge is 0.0975 e. The van der Waals surface area contributed by atoms with Crippen molar-refractivity contribution in [3.63, 3.8) is 0 Å². The summed E-state index contributed by atoms with van der Waals surface area (Å²) in [5, 5.41) is 7.29. The van der Waals surface area contributed by atoms with Gasteiger partial charge in [-0.2, -0.15) is 0 Å². The van der Waals surface area contributed by atoms with Crippen LogP contribution >= 0.6 is 0 Å². The number of rotatable bonds is 3. The van der Waals surface area contributed by atoms with Crippen LogP contribution in [0.2, 0.25) is 0 Å². The van der Waals surface area contributed by atoms with Crippen LogP contribution in [0.1, 0.15) is 22.3 Å². The van der Waals surface area contributed by atoms with Gasteiger partial charge in [0, 0.05) is 22.5 Å². The normalized spacial score (nSPS) is 11.6. The van der Waals surface area contributed by atoms with Crippen LogP contribution in [0.3, 0.4) is 0 Å². The van der Waals surface area contributed by atoms with Crippen molar-refractivity contribution in [3.8, 4) is 33.5 Å². The largest absolute Gasteiger partial charge is 0.254 e. The molecule has 2 heterocycles. The Hall–Kier alpha value is -5.34. The lowest BCUT2D eigenvalue weighted by Gasteiger charge is -2.17. The van der Waals surface area contributed by atoms with Crippen molar-refractivity contribution in [2.24, 2.45) is 0 Å². The first-order valence-corrected chi connectivity index (χ1v) is 15.3. The van der Waals surface area contributed by atoms with Crippen molar-refractivity contribution in [2.45, 2.75) is 27.7 Å². The number of hydrogen-bond acceptors (Lipinski definition) is 2. The van der Waals surface area contributed by atoms with Crippen molar-refractivity contribution in [1.82, 2.24) is 9.97 Å². The van der Waals surface area contributed by atoms with E-state index in [4.69, 9.17) is 9.97 Å². The van der Waals surface area contributed by atoms with Crippen LogP contribution in [0.5, 0.6) is 0 Å².